The predicted molar refractivity (Wildman–Crippen MR) is 252 cm³/mol. The fraction of sp³-hybridized carbons (Fsp3) is 0.800. The summed E-state index contributed by atoms with van der Waals surface area (Å²) in [5.41, 5.74) is 0.0469. The van der Waals surface area contributed by atoms with Crippen molar-refractivity contribution < 1.29 is 47.0 Å². The molecule has 0 aromatic rings. The Balaban J connectivity index is 0.000000331. The Hall–Kier alpha value is -2.55. The summed E-state index contributed by atoms with van der Waals surface area (Å²) < 4.78 is 36.3. The van der Waals surface area contributed by atoms with Crippen LogP contribution in [0.2, 0.25) is 36.3 Å². The Morgan fingerprint density at radius 3 is 1.60 bits per heavy atom. The van der Waals surface area contributed by atoms with E-state index in [1.165, 1.54) is 7.11 Å². The van der Waals surface area contributed by atoms with Crippen molar-refractivity contribution in [3.05, 3.63) is 33.8 Å². The maximum Gasteiger partial charge on any atom is 0.348 e. The molecule has 0 amide bonds. The number of allylic oxidation sites excluding steroid dienone is 3. The number of Topliss-reactive ketones (excluding diaryl/α,β-unsaturated/α-hetero) is 2. The smallest absolute Gasteiger partial charge is 0.348 e. The number of esters is 2. The van der Waals surface area contributed by atoms with Gasteiger partial charge in [-0.3, -0.25) is 9.59 Å². The van der Waals surface area contributed by atoms with Crippen molar-refractivity contribution in [1.29, 1.82) is 0 Å². The number of cyclic esters (lactones) is 1. The molecule has 0 bridgehead atoms. The number of hydrogen-bond donors (Lipinski definition) is 0. The molecule has 10 nitrogen and oxygen atoms in total. The zero-order chi connectivity index (χ0) is 48.5. The number of fused-ring (bicyclic) bond motifs is 1. The number of carbonyl (C=O) groups excluding carboxylic acids is 4. The lowest BCUT2D eigenvalue weighted by Gasteiger charge is -2.60. The average molecular weight is 903 g/mol. The van der Waals surface area contributed by atoms with E-state index >= 15 is 0 Å². The van der Waals surface area contributed by atoms with Crippen molar-refractivity contribution in [2.45, 2.75) is 211 Å². The van der Waals surface area contributed by atoms with E-state index in [9.17, 15) is 19.2 Å². The second-order valence-electron chi connectivity index (χ2n) is 24.2. The Labute approximate surface area is 378 Å². The molecule has 2 aliphatic heterocycles. The van der Waals surface area contributed by atoms with Crippen LogP contribution in [0.4, 0.5) is 0 Å². The monoisotopic (exact) mass is 903 g/mol. The molecule has 12 heteroatoms. The number of ketones is 2. The van der Waals surface area contributed by atoms with Crippen molar-refractivity contribution >= 4 is 40.1 Å². The van der Waals surface area contributed by atoms with Crippen LogP contribution in [0, 0.1) is 40.4 Å². The zero-order valence-corrected chi connectivity index (χ0v) is 45.5. The Morgan fingerprint density at radius 2 is 1.16 bits per heavy atom. The molecule has 0 unspecified atom stereocenters. The summed E-state index contributed by atoms with van der Waals surface area (Å²) in [4.78, 5) is 53.0. The van der Waals surface area contributed by atoms with Gasteiger partial charge < -0.3 is 27.8 Å². The highest BCUT2D eigenvalue weighted by atomic mass is 28.4. The molecule has 2 aliphatic carbocycles. The number of methoxy groups -OCH3 is 1. The number of rotatable bonds is 9. The van der Waals surface area contributed by atoms with Gasteiger partial charge in [0.2, 0.25) is 5.79 Å². The van der Waals surface area contributed by atoms with Crippen LogP contribution in [-0.4, -0.2) is 70.8 Å². The minimum atomic E-state index is -2.12. The van der Waals surface area contributed by atoms with Gasteiger partial charge in [-0.25, -0.2) is 9.59 Å². The van der Waals surface area contributed by atoms with Gasteiger partial charge in [0, 0.05) is 19.4 Å². The molecule has 1 fully saturated rings. The van der Waals surface area contributed by atoms with Crippen molar-refractivity contribution in [2.24, 2.45) is 40.4 Å². The highest BCUT2D eigenvalue weighted by Gasteiger charge is 2.65. The fourth-order valence-electron chi connectivity index (χ4n) is 10.5. The molecule has 0 N–H and O–H groups in total. The van der Waals surface area contributed by atoms with Gasteiger partial charge in [-0.1, -0.05) is 96.9 Å². The van der Waals surface area contributed by atoms with E-state index in [-0.39, 0.29) is 62.2 Å². The standard InChI is InChI=1S/C26H44O5Si.C24H42O5Si/c1-15(2)18-14-19(31-32(12,13)24(5,6)7)16(3)21(25(18,8)9)22(27)20-17(4)29-26(10,11)30-23(20)28;1-14(2)16-13-17(29-30(11,12)22(4,5)6)24(9)20(23(16,7)8)19(25)18(15(3)28-24)21(26)27-10/h15,18-19H,14H2,1-13H3;14,16-17,20H,13H2,1-12H3/t18-,19-;16-,17-,20+,24+/m00/s1. The van der Waals surface area contributed by atoms with Gasteiger partial charge in [-0.2, -0.15) is 0 Å². The van der Waals surface area contributed by atoms with Crippen molar-refractivity contribution in [1.82, 2.24) is 0 Å². The van der Waals surface area contributed by atoms with Crippen LogP contribution in [-0.2, 0) is 47.0 Å². The summed E-state index contributed by atoms with van der Waals surface area (Å²) in [6.45, 7) is 50.3. The highest BCUT2D eigenvalue weighted by Crippen LogP contribution is 2.59. The SMILES string of the molecule is CC1=C(C(=O)C2=C(C)[C@@H](O[Si](C)(C)C(C)(C)C)C[C@@H](C(C)C)C2(C)C)C(=O)OC(C)(C)O1.COC(=O)C1=C(C)O[C@]2(C)[C@@H](O[Si](C)(C)C(C)(C)C)C[C@@H](C(C)C)C(C)(C)[C@H]2C1=O. The summed E-state index contributed by atoms with van der Waals surface area (Å²) >= 11 is 0. The minimum absolute atomic E-state index is 0.00207. The molecule has 0 saturated heterocycles. The third kappa shape index (κ3) is 10.1. The summed E-state index contributed by atoms with van der Waals surface area (Å²) in [5.74, 6) is -1.39. The van der Waals surface area contributed by atoms with Crippen LogP contribution in [0.5, 0.6) is 0 Å². The van der Waals surface area contributed by atoms with Crippen LogP contribution < -0.4 is 0 Å². The van der Waals surface area contributed by atoms with E-state index in [0.717, 1.165) is 18.4 Å². The molecular weight excluding hydrogens is 817 g/mol. The molecule has 0 spiro atoms. The minimum Gasteiger partial charge on any atom is -0.488 e. The summed E-state index contributed by atoms with van der Waals surface area (Å²) in [5, 5.41) is 0.101. The lowest BCUT2D eigenvalue weighted by atomic mass is 9.51. The number of ether oxygens (including phenoxy) is 4. The zero-order valence-electron chi connectivity index (χ0n) is 43.5. The lowest BCUT2D eigenvalue weighted by Crippen LogP contribution is -2.67. The van der Waals surface area contributed by atoms with Gasteiger partial charge in [-0.05, 0) is 117 Å². The highest BCUT2D eigenvalue weighted by molar-refractivity contribution is 6.74. The average Bonchev–Trinajstić information content (AvgIpc) is 3.04. The van der Waals surface area contributed by atoms with Crippen molar-refractivity contribution in [3.8, 4) is 0 Å². The molecule has 4 rings (SSSR count). The Kier molecular flexibility index (Phi) is 15.3. The molecule has 1 saturated carbocycles. The van der Waals surface area contributed by atoms with Gasteiger partial charge in [0.05, 0.1) is 25.2 Å². The first-order chi connectivity index (χ1) is 27.6. The summed E-state index contributed by atoms with van der Waals surface area (Å²) in [6.07, 6.45) is 1.33. The van der Waals surface area contributed by atoms with E-state index in [4.69, 9.17) is 27.8 Å². The third-order valence-corrected chi connectivity index (χ3v) is 24.7. The maximum atomic E-state index is 13.9. The first kappa shape index (κ1) is 53.8. The Bertz CT molecular complexity index is 1860. The van der Waals surface area contributed by atoms with Gasteiger partial charge in [0.1, 0.15) is 28.3 Å². The van der Waals surface area contributed by atoms with Gasteiger partial charge in [0.15, 0.2) is 28.2 Å². The molecule has 0 radical (unpaired) electrons. The van der Waals surface area contributed by atoms with Gasteiger partial charge >= 0.3 is 11.9 Å². The molecule has 6 atom stereocenters. The van der Waals surface area contributed by atoms with Crippen molar-refractivity contribution in [3.63, 3.8) is 0 Å². The predicted octanol–water partition coefficient (Wildman–Crippen LogP) is 12.0. The van der Waals surface area contributed by atoms with E-state index in [0.29, 0.717) is 28.9 Å². The van der Waals surface area contributed by atoms with Crippen LogP contribution in [0.3, 0.4) is 0 Å². The molecule has 0 aromatic carbocycles. The van der Waals surface area contributed by atoms with Crippen LogP contribution in [0.15, 0.2) is 33.8 Å². The number of hydrogen-bond acceptors (Lipinski definition) is 10. The van der Waals surface area contributed by atoms with E-state index in [2.05, 4.69) is 123 Å². The fourth-order valence-corrected chi connectivity index (χ4v) is 13.3. The molecule has 2 heterocycles. The normalized spacial score (nSPS) is 29.0. The first-order valence-electron chi connectivity index (χ1n) is 22.9. The first-order valence-corrected chi connectivity index (χ1v) is 28.7. The van der Waals surface area contributed by atoms with Gasteiger partial charge in [-0.15, -0.1) is 0 Å². The maximum absolute atomic E-state index is 13.9. The van der Waals surface area contributed by atoms with Gasteiger partial charge in [0.25, 0.3) is 0 Å². The lowest BCUT2D eigenvalue weighted by molar-refractivity contribution is -0.207. The van der Waals surface area contributed by atoms with E-state index in [1.54, 1.807) is 27.7 Å². The molecular formula is C50H86O10Si2. The summed E-state index contributed by atoms with van der Waals surface area (Å²) in [7, 11) is -2.88. The second kappa shape index (κ2) is 17.7. The second-order valence-corrected chi connectivity index (χ2v) is 33.7. The molecule has 0 aromatic heterocycles. The quantitative estimate of drug-likeness (QED) is 0.125. The van der Waals surface area contributed by atoms with E-state index in [1.807, 2.05) is 13.8 Å². The number of carbonyl (C=O) groups is 4. The van der Waals surface area contributed by atoms with Crippen LogP contribution >= 0.6 is 0 Å². The van der Waals surface area contributed by atoms with Crippen LogP contribution in [0.25, 0.3) is 0 Å². The molecule has 354 valence electrons. The summed E-state index contributed by atoms with van der Waals surface area (Å²) in [6, 6.07) is 0. The third-order valence-electron chi connectivity index (χ3n) is 15.8. The van der Waals surface area contributed by atoms with E-state index < -0.39 is 51.3 Å². The Morgan fingerprint density at radius 1 is 0.694 bits per heavy atom. The molecule has 4 aliphatic rings. The van der Waals surface area contributed by atoms with Crippen molar-refractivity contribution in [2.75, 3.05) is 7.11 Å². The molecule has 62 heavy (non-hydrogen) atoms. The topological polar surface area (TPSA) is 124 Å². The van der Waals surface area contributed by atoms with Crippen LogP contribution in [0.1, 0.15) is 151 Å². The largest absolute Gasteiger partial charge is 0.488 e.